The second-order valence-corrected chi connectivity index (χ2v) is 7.46. The second kappa shape index (κ2) is 4.86. The van der Waals surface area contributed by atoms with Crippen molar-refractivity contribution >= 4 is 22.9 Å². The van der Waals surface area contributed by atoms with Crippen molar-refractivity contribution in [3.05, 3.63) is 42.1 Å². The number of aromatic nitrogens is 1. The van der Waals surface area contributed by atoms with Crippen LogP contribution in [-0.2, 0) is 16.0 Å². The number of fused-ring (bicyclic) bond motifs is 2. The minimum absolute atomic E-state index is 0.221. The van der Waals surface area contributed by atoms with Crippen LogP contribution in [0.5, 0.6) is 0 Å². The molecule has 2 N–H and O–H groups in total. The average Bonchev–Trinajstić information content (AvgIpc) is 3.02. The molecule has 0 aliphatic carbocycles. The monoisotopic (exact) mass is 336 g/mol. The van der Waals surface area contributed by atoms with Gasteiger partial charge in [0.25, 0.3) is 0 Å². The van der Waals surface area contributed by atoms with Crippen LogP contribution < -0.4 is 15.5 Å². The van der Waals surface area contributed by atoms with E-state index < -0.39 is 0 Å². The summed E-state index contributed by atoms with van der Waals surface area (Å²) in [6, 6.07) is 10.6. The molecule has 0 radical (unpaired) electrons. The lowest BCUT2D eigenvalue weighted by Gasteiger charge is -2.45. The maximum absolute atomic E-state index is 6.00. The summed E-state index contributed by atoms with van der Waals surface area (Å²) in [5.41, 5.74) is 4.83. The predicted molar refractivity (Wildman–Crippen MR) is 95.4 cm³/mol. The summed E-state index contributed by atoms with van der Waals surface area (Å²) in [6.07, 6.45) is 2.44. The molecule has 3 atom stereocenters. The smallest absolute Gasteiger partial charge is 0.135 e. The molecule has 4 aliphatic rings. The molecular weight excluding hydrogens is 316 g/mol. The molecule has 6 heteroatoms. The Morgan fingerprint density at radius 2 is 2.20 bits per heavy atom. The Labute approximate surface area is 146 Å². The first-order valence-electron chi connectivity index (χ1n) is 8.89. The van der Waals surface area contributed by atoms with E-state index in [0.717, 1.165) is 50.0 Å². The van der Waals surface area contributed by atoms with Gasteiger partial charge in [0.2, 0.25) is 0 Å². The zero-order valence-corrected chi connectivity index (χ0v) is 13.9. The van der Waals surface area contributed by atoms with E-state index in [-0.39, 0.29) is 5.41 Å². The number of pyridine rings is 1. The van der Waals surface area contributed by atoms with Crippen LogP contribution in [0.1, 0.15) is 5.56 Å². The minimum atomic E-state index is 0.221. The fourth-order valence-corrected chi connectivity index (χ4v) is 4.64. The molecule has 0 bridgehead atoms. The Kier molecular flexibility index (Phi) is 2.71. The second-order valence-electron chi connectivity index (χ2n) is 7.46. The summed E-state index contributed by atoms with van der Waals surface area (Å²) in [5.74, 6) is 0.930. The van der Waals surface area contributed by atoms with Crippen LogP contribution in [0.2, 0.25) is 0 Å². The van der Waals surface area contributed by atoms with E-state index in [9.17, 15) is 0 Å². The van der Waals surface area contributed by atoms with E-state index in [4.69, 9.17) is 9.47 Å². The predicted octanol–water partition coefficient (Wildman–Crippen LogP) is 2.35. The number of hydrogen-bond donors (Lipinski definition) is 2. The number of nitrogens with one attached hydrogen (secondary N) is 2. The Morgan fingerprint density at radius 3 is 3.16 bits per heavy atom. The van der Waals surface area contributed by atoms with E-state index in [0.29, 0.717) is 12.2 Å². The molecule has 25 heavy (non-hydrogen) atoms. The number of ether oxygens (including phenoxy) is 2. The van der Waals surface area contributed by atoms with Crippen LogP contribution in [0.3, 0.4) is 0 Å². The fourth-order valence-electron chi connectivity index (χ4n) is 4.64. The quantitative estimate of drug-likeness (QED) is 0.834. The van der Waals surface area contributed by atoms with Crippen molar-refractivity contribution in [2.24, 2.45) is 5.41 Å². The SMILES string of the molecule is c1cnc2c(c1)CNc1cc(N3CC4OC5COCC54C3)ccc1N2. The number of anilines is 4. The maximum atomic E-state index is 6.00. The van der Waals surface area contributed by atoms with Crippen molar-refractivity contribution in [3.63, 3.8) is 0 Å². The first-order chi connectivity index (χ1) is 12.3. The third-order valence-electron chi connectivity index (χ3n) is 6.10. The van der Waals surface area contributed by atoms with Crippen molar-refractivity contribution in [3.8, 4) is 0 Å². The largest absolute Gasteiger partial charge is 0.379 e. The van der Waals surface area contributed by atoms with E-state index in [1.807, 2.05) is 12.3 Å². The van der Waals surface area contributed by atoms with Gasteiger partial charge in [-0.2, -0.15) is 0 Å². The molecule has 2 aromatic rings. The Morgan fingerprint density at radius 1 is 1.20 bits per heavy atom. The van der Waals surface area contributed by atoms with Crippen LogP contribution in [0.25, 0.3) is 0 Å². The molecule has 1 aromatic heterocycles. The van der Waals surface area contributed by atoms with Gasteiger partial charge in [0, 0.05) is 37.1 Å². The van der Waals surface area contributed by atoms with Crippen molar-refractivity contribution in [1.29, 1.82) is 0 Å². The molecule has 3 fully saturated rings. The zero-order chi connectivity index (χ0) is 16.4. The van der Waals surface area contributed by atoms with Crippen molar-refractivity contribution in [2.45, 2.75) is 18.8 Å². The van der Waals surface area contributed by atoms with Gasteiger partial charge in [-0.3, -0.25) is 0 Å². The van der Waals surface area contributed by atoms with Crippen molar-refractivity contribution in [1.82, 2.24) is 4.98 Å². The third-order valence-corrected chi connectivity index (χ3v) is 6.10. The van der Waals surface area contributed by atoms with Crippen LogP contribution >= 0.6 is 0 Å². The molecule has 128 valence electrons. The van der Waals surface area contributed by atoms with Gasteiger partial charge in [-0.05, 0) is 24.3 Å². The van der Waals surface area contributed by atoms with E-state index in [1.165, 1.54) is 11.3 Å². The van der Waals surface area contributed by atoms with Gasteiger partial charge in [0.05, 0.1) is 42.2 Å². The average molecular weight is 336 g/mol. The summed E-state index contributed by atoms with van der Waals surface area (Å²) < 4.78 is 11.7. The van der Waals surface area contributed by atoms with E-state index in [1.54, 1.807) is 0 Å². The molecule has 4 aliphatic heterocycles. The first kappa shape index (κ1) is 13.9. The van der Waals surface area contributed by atoms with Crippen LogP contribution in [0.15, 0.2) is 36.5 Å². The highest BCUT2D eigenvalue weighted by molar-refractivity contribution is 5.80. The van der Waals surface area contributed by atoms with Crippen LogP contribution in [0, 0.1) is 5.41 Å². The molecular formula is C19H20N4O2. The van der Waals surface area contributed by atoms with Crippen molar-refractivity contribution in [2.75, 3.05) is 41.8 Å². The Hall–Kier alpha value is -2.31. The number of hydrogen-bond acceptors (Lipinski definition) is 6. The van der Waals surface area contributed by atoms with Gasteiger partial charge in [-0.25, -0.2) is 4.98 Å². The fraction of sp³-hybridized carbons (Fsp3) is 0.421. The number of nitrogens with zero attached hydrogens (tertiary/aromatic N) is 2. The summed E-state index contributed by atoms with van der Waals surface area (Å²) in [5, 5.41) is 6.99. The summed E-state index contributed by atoms with van der Waals surface area (Å²) in [6.45, 7) is 4.35. The summed E-state index contributed by atoms with van der Waals surface area (Å²) in [7, 11) is 0. The van der Waals surface area contributed by atoms with E-state index >= 15 is 0 Å². The highest BCUT2D eigenvalue weighted by Gasteiger charge is 2.64. The lowest BCUT2D eigenvalue weighted by Crippen LogP contribution is -2.58. The normalized spacial score (nSPS) is 31.6. The zero-order valence-electron chi connectivity index (χ0n) is 13.9. The van der Waals surface area contributed by atoms with Gasteiger partial charge < -0.3 is 25.0 Å². The highest BCUT2D eigenvalue weighted by atomic mass is 16.6. The molecule has 1 aromatic carbocycles. The Bertz CT molecular complexity index is 857. The third kappa shape index (κ3) is 1.89. The number of benzene rings is 1. The van der Waals surface area contributed by atoms with Gasteiger partial charge in [-0.1, -0.05) is 6.07 Å². The van der Waals surface area contributed by atoms with Gasteiger partial charge in [-0.15, -0.1) is 0 Å². The number of rotatable bonds is 1. The van der Waals surface area contributed by atoms with Crippen LogP contribution in [-0.4, -0.2) is 43.5 Å². The molecule has 1 spiro atoms. The first-order valence-corrected chi connectivity index (χ1v) is 8.89. The topological polar surface area (TPSA) is 58.7 Å². The molecule has 3 saturated heterocycles. The van der Waals surface area contributed by atoms with Crippen LogP contribution in [0.4, 0.5) is 22.9 Å². The molecule has 0 amide bonds. The summed E-state index contributed by atoms with van der Waals surface area (Å²) in [4.78, 5) is 6.89. The molecule has 6 nitrogen and oxygen atoms in total. The van der Waals surface area contributed by atoms with Gasteiger partial charge >= 0.3 is 0 Å². The molecule has 5 heterocycles. The molecule has 0 saturated carbocycles. The van der Waals surface area contributed by atoms with Gasteiger partial charge in [0.15, 0.2) is 0 Å². The van der Waals surface area contributed by atoms with Gasteiger partial charge in [0.1, 0.15) is 5.82 Å². The minimum Gasteiger partial charge on any atom is -0.379 e. The summed E-state index contributed by atoms with van der Waals surface area (Å²) >= 11 is 0. The molecule has 6 rings (SSSR count). The lowest BCUT2D eigenvalue weighted by atomic mass is 9.76. The lowest BCUT2D eigenvalue weighted by molar-refractivity contribution is -0.194. The maximum Gasteiger partial charge on any atom is 0.135 e. The highest BCUT2D eigenvalue weighted by Crippen LogP contribution is 2.51. The van der Waals surface area contributed by atoms with Crippen molar-refractivity contribution < 1.29 is 9.47 Å². The molecule has 3 unspecified atom stereocenters. The van der Waals surface area contributed by atoms with E-state index in [2.05, 4.69) is 44.8 Å². The standard InChI is InChI=1S/C19H20N4O2/c1-2-12-7-21-15-6-13(3-4-14(15)22-18(12)20-5-1)23-8-16-19(10-23)11-24-9-17(19)25-16/h1-6,16-17,21H,7-11H2,(H,20,22). The Balaban J connectivity index is 1.30.